The fourth-order valence-electron chi connectivity index (χ4n) is 2.30. The van der Waals surface area contributed by atoms with Gasteiger partial charge in [0.05, 0.1) is 19.5 Å². The molecule has 0 aliphatic heterocycles. The summed E-state index contributed by atoms with van der Waals surface area (Å²) in [6.07, 6.45) is 4.99. The molecular formula is C14H20N2O. The van der Waals surface area contributed by atoms with Crippen LogP contribution in [0.2, 0.25) is 0 Å². The first-order chi connectivity index (χ1) is 8.29. The van der Waals surface area contributed by atoms with Crippen LogP contribution in [0.4, 0.5) is 0 Å². The number of rotatable bonds is 4. The van der Waals surface area contributed by atoms with Crippen molar-refractivity contribution in [2.75, 3.05) is 7.11 Å². The Morgan fingerprint density at radius 3 is 2.88 bits per heavy atom. The predicted octanol–water partition coefficient (Wildman–Crippen LogP) is 2.74. The molecule has 92 valence electrons. The lowest BCUT2D eigenvalue weighted by Gasteiger charge is -2.08. The highest BCUT2D eigenvalue weighted by Gasteiger charge is 2.18. The molecule has 0 heterocycles. The van der Waals surface area contributed by atoms with E-state index in [0.717, 1.165) is 17.1 Å². The number of nitrogens with zero attached hydrogens (tertiary/aromatic N) is 1. The molecule has 2 N–H and O–H groups in total. The zero-order chi connectivity index (χ0) is 12.1. The number of hydrogen-bond donors (Lipinski definition) is 1. The minimum atomic E-state index is 0.514. The number of aliphatic imine (C=N–C) groups is 1. The first-order valence-corrected chi connectivity index (χ1v) is 6.22. The molecule has 3 nitrogen and oxygen atoms in total. The Morgan fingerprint density at radius 2 is 2.18 bits per heavy atom. The molecule has 0 bridgehead atoms. The van der Waals surface area contributed by atoms with Gasteiger partial charge in [-0.1, -0.05) is 25.0 Å². The van der Waals surface area contributed by atoms with E-state index in [-0.39, 0.29) is 0 Å². The summed E-state index contributed by atoms with van der Waals surface area (Å²) in [5.41, 5.74) is 7.16. The molecule has 0 amide bonds. The third kappa shape index (κ3) is 3.22. The van der Waals surface area contributed by atoms with E-state index in [9.17, 15) is 0 Å². The molecule has 1 aliphatic carbocycles. The molecule has 0 radical (unpaired) electrons. The zero-order valence-corrected chi connectivity index (χ0v) is 10.4. The Kier molecular flexibility index (Phi) is 4.02. The zero-order valence-electron chi connectivity index (χ0n) is 10.4. The van der Waals surface area contributed by atoms with Crippen LogP contribution in [0.5, 0.6) is 5.75 Å². The molecule has 17 heavy (non-hydrogen) atoms. The quantitative estimate of drug-likeness (QED) is 0.641. The molecule has 1 fully saturated rings. The second-order valence-electron chi connectivity index (χ2n) is 4.57. The van der Waals surface area contributed by atoms with Crippen LogP contribution in [0.25, 0.3) is 0 Å². The highest BCUT2D eigenvalue weighted by molar-refractivity contribution is 5.83. The Hall–Kier alpha value is -1.51. The van der Waals surface area contributed by atoms with E-state index in [2.05, 4.69) is 4.99 Å². The topological polar surface area (TPSA) is 47.6 Å². The van der Waals surface area contributed by atoms with Gasteiger partial charge < -0.3 is 10.5 Å². The van der Waals surface area contributed by atoms with E-state index in [1.54, 1.807) is 7.11 Å². The Labute approximate surface area is 103 Å². The summed E-state index contributed by atoms with van der Waals surface area (Å²) < 4.78 is 5.18. The maximum atomic E-state index is 6.02. The fraction of sp³-hybridized carbons (Fsp3) is 0.500. The molecule has 1 saturated carbocycles. The Bertz CT molecular complexity index is 395. The SMILES string of the molecule is COc1cccc(CN=C(N)C2CCCC2)c1. The van der Waals surface area contributed by atoms with Crippen LogP contribution >= 0.6 is 0 Å². The van der Waals surface area contributed by atoms with Crippen LogP contribution in [-0.4, -0.2) is 12.9 Å². The van der Waals surface area contributed by atoms with Gasteiger partial charge in [-0.15, -0.1) is 0 Å². The summed E-state index contributed by atoms with van der Waals surface area (Å²) in [5, 5.41) is 0. The van der Waals surface area contributed by atoms with E-state index < -0.39 is 0 Å². The van der Waals surface area contributed by atoms with Crippen LogP contribution in [0.1, 0.15) is 31.2 Å². The third-order valence-corrected chi connectivity index (χ3v) is 3.35. The van der Waals surface area contributed by atoms with Crippen molar-refractivity contribution in [3.05, 3.63) is 29.8 Å². The maximum Gasteiger partial charge on any atom is 0.119 e. The van der Waals surface area contributed by atoms with Gasteiger partial charge in [0, 0.05) is 5.92 Å². The van der Waals surface area contributed by atoms with Gasteiger partial charge >= 0.3 is 0 Å². The summed E-state index contributed by atoms with van der Waals surface area (Å²) >= 11 is 0. The lowest BCUT2D eigenvalue weighted by molar-refractivity contribution is 0.414. The van der Waals surface area contributed by atoms with Crippen molar-refractivity contribution in [3.8, 4) is 5.75 Å². The number of hydrogen-bond acceptors (Lipinski definition) is 2. The van der Waals surface area contributed by atoms with Gasteiger partial charge in [0.1, 0.15) is 5.75 Å². The fourth-order valence-corrected chi connectivity index (χ4v) is 2.30. The third-order valence-electron chi connectivity index (χ3n) is 3.35. The lowest BCUT2D eigenvalue weighted by Crippen LogP contribution is -2.21. The number of ether oxygens (including phenoxy) is 1. The smallest absolute Gasteiger partial charge is 0.119 e. The normalized spacial score (nSPS) is 17.4. The van der Waals surface area contributed by atoms with Crippen molar-refractivity contribution in [2.24, 2.45) is 16.6 Å². The molecule has 1 aliphatic rings. The van der Waals surface area contributed by atoms with Gasteiger partial charge in [-0.25, -0.2) is 0 Å². The van der Waals surface area contributed by atoms with E-state index in [1.165, 1.54) is 25.7 Å². The van der Waals surface area contributed by atoms with Gasteiger partial charge in [0.15, 0.2) is 0 Å². The molecule has 3 heteroatoms. The van der Waals surface area contributed by atoms with Gasteiger partial charge in [-0.2, -0.15) is 0 Å². The molecule has 1 aromatic rings. The van der Waals surface area contributed by atoms with Crippen molar-refractivity contribution >= 4 is 5.84 Å². The minimum absolute atomic E-state index is 0.514. The van der Waals surface area contributed by atoms with Crippen molar-refractivity contribution < 1.29 is 4.74 Å². The van der Waals surface area contributed by atoms with Crippen molar-refractivity contribution in [1.82, 2.24) is 0 Å². The summed E-state index contributed by atoms with van der Waals surface area (Å²) in [7, 11) is 1.68. The van der Waals surface area contributed by atoms with E-state index in [0.29, 0.717) is 12.5 Å². The highest BCUT2D eigenvalue weighted by atomic mass is 16.5. The monoisotopic (exact) mass is 232 g/mol. The van der Waals surface area contributed by atoms with Crippen molar-refractivity contribution in [1.29, 1.82) is 0 Å². The van der Waals surface area contributed by atoms with Gasteiger partial charge in [-0.05, 0) is 30.5 Å². The summed E-state index contributed by atoms with van der Waals surface area (Å²) in [4.78, 5) is 4.49. The van der Waals surface area contributed by atoms with Gasteiger partial charge in [-0.3, -0.25) is 4.99 Å². The summed E-state index contributed by atoms with van der Waals surface area (Å²) in [6, 6.07) is 7.97. The van der Waals surface area contributed by atoms with E-state index >= 15 is 0 Å². The molecule has 0 spiro atoms. The molecule has 1 aromatic carbocycles. The summed E-state index contributed by atoms with van der Waals surface area (Å²) in [5.74, 6) is 2.21. The lowest BCUT2D eigenvalue weighted by atomic mass is 10.1. The van der Waals surface area contributed by atoms with Crippen LogP contribution in [0, 0.1) is 5.92 Å². The molecule has 0 saturated heterocycles. The second-order valence-corrected chi connectivity index (χ2v) is 4.57. The summed E-state index contributed by atoms with van der Waals surface area (Å²) in [6.45, 7) is 0.652. The standard InChI is InChI=1S/C14H20N2O/c1-17-13-8-4-5-11(9-13)10-16-14(15)12-6-2-3-7-12/h4-5,8-9,12H,2-3,6-7,10H2,1H3,(H2,15,16). The minimum Gasteiger partial charge on any atom is -0.497 e. The van der Waals surface area contributed by atoms with Crippen LogP contribution in [0.3, 0.4) is 0 Å². The van der Waals surface area contributed by atoms with Gasteiger partial charge in [0.25, 0.3) is 0 Å². The molecule has 0 unspecified atom stereocenters. The first kappa shape index (κ1) is 12.0. The van der Waals surface area contributed by atoms with Crippen molar-refractivity contribution in [3.63, 3.8) is 0 Å². The van der Waals surface area contributed by atoms with Crippen LogP contribution in [-0.2, 0) is 6.54 Å². The first-order valence-electron chi connectivity index (χ1n) is 6.22. The van der Waals surface area contributed by atoms with Gasteiger partial charge in [0.2, 0.25) is 0 Å². The average Bonchev–Trinajstić information content (AvgIpc) is 2.90. The predicted molar refractivity (Wildman–Crippen MR) is 70.3 cm³/mol. The maximum absolute atomic E-state index is 6.02. The second kappa shape index (κ2) is 5.71. The van der Waals surface area contributed by atoms with Crippen molar-refractivity contribution in [2.45, 2.75) is 32.2 Å². The highest BCUT2D eigenvalue weighted by Crippen LogP contribution is 2.25. The van der Waals surface area contributed by atoms with E-state index in [4.69, 9.17) is 10.5 Å². The molecular weight excluding hydrogens is 212 g/mol. The molecule has 0 aromatic heterocycles. The van der Waals surface area contributed by atoms with Crippen LogP contribution < -0.4 is 10.5 Å². The van der Waals surface area contributed by atoms with E-state index in [1.807, 2.05) is 24.3 Å². The Morgan fingerprint density at radius 1 is 1.41 bits per heavy atom. The number of methoxy groups -OCH3 is 1. The number of nitrogens with two attached hydrogens (primary N) is 1. The number of benzene rings is 1. The average molecular weight is 232 g/mol. The Balaban J connectivity index is 1.97. The largest absolute Gasteiger partial charge is 0.497 e. The number of amidine groups is 1. The molecule has 2 rings (SSSR count). The van der Waals surface area contributed by atoms with Crippen LogP contribution in [0.15, 0.2) is 29.3 Å². The molecule has 0 atom stereocenters.